The molecule has 7 nitrogen and oxygen atoms in total. The quantitative estimate of drug-likeness (QED) is 0.193. The number of ether oxygens (including phenoxy) is 4. The van der Waals surface area contributed by atoms with Gasteiger partial charge in [-0.2, -0.15) is 5.10 Å². The second-order valence-electron chi connectivity index (χ2n) is 7.47. The van der Waals surface area contributed by atoms with Crippen molar-refractivity contribution in [2.24, 2.45) is 5.10 Å². The molecule has 1 amide bonds. The van der Waals surface area contributed by atoms with Crippen LogP contribution in [0.2, 0.25) is 10.0 Å². The standard InChI is InChI=1S/C26H25BrCl2N2O5/c1-4-9-35-22-8-6-17(12-23(22)33-2)26(32)31-30-14-16-10-20(27)25(24(11-16)34-3)36-15-18-5-7-19(28)13-21(18)29/h5-8,10-14H,4,9,15H2,1-3H3,(H,31,32)/b30-14+. The van der Waals surface area contributed by atoms with Crippen LogP contribution in [0.1, 0.15) is 34.8 Å². The van der Waals surface area contributed by atoms with Gasteiger partial charge in [-0.25, -0.2) is 5.43 Å². The zero-order chi connectivity index (χ0) is 26.1. The molecule has 36 heavy (non-hydrogen) atoms. The van der Waals surface area contributed by atoms with Crippen molar-refractivity contribution in [3.63, 3.8) is 0 Å². The van der Waals surface area contributed by atoms with Gasteiger partial charge in [-0.15, -0.1) is 0 Å². The van der Waals surface area contributed by atoms with Crippen LogP contribution in [-0.4, -0.2) is 32.9 Å². The number of methoxy groups -OCH3 is 2. The van der Waals surface area contributed by atoms with Gasteiger partial charge in [0.15, 0.2) is 23.0 Å². The monoisotopic (exact) mass is 594 g/mol. The third-order valence-corrected chi connectivity index (χ3v) is 6.08. The number of nitrogens with zero attached hydrogens (tertiary/aromatic N) is 1. The number of hydrazone groups is 1. The maximum Gasteiger partial charge on any atom is 0.271 e. The van der Waals surface area contributed by atoms with Gasteiger partial charge in [-0.05, 0) is 70.4 Å². The van der Waals surface area contributed by atoms with Gasteiger partial charge >= 0.3 is 0 Å². The number of rotatable bonds is 11. The number of halogens is 3. The highest BCUT2D eigenvalue weighted by atomic mass is 79.9. The van der Waals surface area contributed by atoms with Gasteiger partial charge in [0.05, 0.1) is 31.5 Å². The summed E-state index contributed by atoms with van der Waals surface area (Å²) in [5, 5.41) is 5.12. The van der Waals surface area contributed by atoms with Gasteiger partial charge in [-0.3, -0.25) is 4.79 Å². The minimum atomic E-state index is -0.391. The van der Waals surface area contributed by atoms with E-state index in [1.165, 1.54) is 20.4 Å². The van der Waals surface area contributed by atoms with E-state index >= 15 is 0 Å². The molecule has 1 N–H and O–H groups in total. The van der Waals surface area contributed by atoms with Crippen LogP contribution in [0.15, 0.2) is 58.1 Å². The molecule has 10 heteroatoms. The molecule has 0 saturated heterocycles. The lowest BCUT2D eigenvalue weighted by Gasteiger charge is -2.14. The summed E-state index contributed by atoms with van der Waals surface area (Å²) in [7, 11) is 3.06. The first-order valence-corrected chi connectivity index (χ1v) is 12.5. The molecule has 0 aromatic heterocycles. The Hall–Kier alpha value is -2.94. The zero-order valence-corrected chi connectivity index (χ0v) is 23.0. The highest BCUT2D eigenvalue weighted by Gasteiger charge is 2.14. The Kier molecular flexibility index (Phi) is 10.3. The Labute approximate surface area is 228 Å². The lowest BCUT2D eigenvalue weighted by Crippen LogP contribution is -2.17. The lowest BCUT2D eigenvalue weighted by molar-refractivity contribution is 0.0954. The van der Waals surface area contributed by atoms with E-state index in [4.69, 9.17) is 42.1 Å². The molecular weight excluding hydrogens is 571 g/mol. The van der Waals surface area contributed by atoms with Crippen molar-refractivity contribution in [1.82, 2.24) is 5.43 Å². The van der Waals surface area contributed by atoms with Crippen LogP contribution in [0.4, 0.5) is 0 Å². The van der Waals surface area contributed by atoms with Crippen LogP contribution in [0.3, 0.4) is 0 Å². The van der Waals surface area contributed by atoms with E-state index in [1.54, 1.807) is 48.5 Å². The number of hydrogen-bond donors (Lipinski definition) is 1. The minimum Gasteiger partial charge on any atom is -0.493 e. The van der Waals surface area contributed by atoms with Gasteiger partial charge in [0.2, 0.25) is 0 Å². The SMILES string of the molecule is CCCOc1ccc(C(=O)N/N=C/c2cc(Br)c(OCc3ccc(Cl)cc3Cl)c(OC)c2)cc1OC. The van der Waals surface area contributed by atoms with Gasteiger partial charge in [0.25, 0.3) is 5.91 Å². The first-order valence-electron chi connectivity index (χ1n) is 10.9. The molecule has 190 valence electrons. The highest BCUT2D eigenvalue weighted by molar-refractivity contribution is 9.10. The van der Waals surface area contributed by atoms with Crippen LogP contribution < -0.4 is 24.4 Å². The minimum absolute atomic E-state index is 0.222. The number of hydrogen-bond acceptors (Lipinski definition) is 6. The van der Waals surface area contributed by atoms with Gasteiger partial charge in [0, 0.05) is 21.2 Å². The Morgan fingerprint density at radius 3 is 2.47 bits per heavy atom. The maximum absolute atomic E-state index is 12.5. The maximum atomic E-state index is 12.5. The third-order valence-electron chi connectivity index (χ3n) is 4.91. The number of nitrogens with one attached hydrogen (secondary N) is 1. The third kappa shape index (κ3) is 7.29. The number of benzene rings is 3. The van der Waals surface area contributed by atoms with Crippen molar-refractivity contribution < 1.29 is 23.7 Å². The number of carbonyl (C=O) groups excluding carboxylic acids is 1. The van der Waals surface area contributed by atoms with E-state index in [1.807, 2.05) is 6.92 Å². The summed E-state index contributed by atoms with van der Waals surface area (Å²) < 4.78 is 23.0. The second-order valence-corrected chi connectivity index (χ2v) is 9.17. The average molecular weight is 596 g/mol. The van der Waals surface area contributed by atoms with E-state index in [-0.39, 0.29) is 6.61 Å². The lowest BCUT2D eigenvalue weighted by atomic mass is 10.2. The Morgan fingerprint density at radius 2 is 1.78 bits per heavy atom. The molecule has 0 bridgehead atoms. The molecule has 0 heterocycles. The van der Waals surface area contributed by atoms with E-state index in [0.717, 1.165) is 12.0 Å². The van der Waals surface area contributed by atoms with Crippen LogP contribution in [0.5, 0.6) is 23.0 Å². The van der Waals surface area contributed by atoms with Crippen molar-refractivity contribution in [3.8, 4) is 23.0 Å². The molecule has 0 fully saturated rings. The van der Waals surface area contributed by atoms with Gasteiger partial charge < -0.3 is 18.9 Å². The van der Waals surface area contributed by atoms with Crippen molar-refractivity contribution in [1.29, 1.82) is 0 Å². The molecule has 0 spiro atoms. The molecule has 0 atom stereocenters. The fourth-order valence-electron chi connectivity index (χ4n) is 3.11. The van der Waals surface area contributed by atoms with Crippen molar-refractivity contribution in [2.45, 2.75) is 20.0 Å². The predicted octanol–water partition coefficient (Wildman–Crippen LogP) is 6.90. The molecule has 0 aliphatic carbocycles. The van der Waals surface area contributed by atoms with Gasteiger partial charge in [-0.1, -0.05) is 36.2 Å². The predicted molar refractivity (Wildman–Crippen MR) is 145 cm³/mol. The summed E-state index contributed by atoms with van der Waals surface area (Å²) in [6.07, 6.45) is 2.37. The molecule has 0 aliphatic heterocycles. The fraction of sp³-hybridized carbons (Fsp3) is 0.231. The first-order chi connectivity index (χ1) is 17.4. The Balaban J connectivity index is 1.68. The smallest absolute Gasteiger partial charge is 0.271 e. The second kappa shape index (κ2) is 13.4. The highest BCUT2D eigenvalue weighted by Crippen LogP contribution is 2.37. The van der Waals surface area contributed by atoms with Crippen LogP contribution in [0.25, 0.3) is 0 Å². The summed E-state index contributed by atoms with van der Waals surface area (Å²) >= 11 is 15.7. The summed E-state index contributed by atoms with van der Waals surface area (Å²) in [5.41, 5.74) is 4.36. The molecule has 3 aromatic rings. The van der Waals surface area contributed by atoms with E-state index in [9.17, 15) is 4.79 Å². The topological polar surface area (TPSA) is 78.4 Å². The first kappa shape index (κ1) is 27.6. The molecule has 0 unspecified atom stereocenters. The molecular formula is C26H25BrCl2N2O5. The molecule has 3 aromatic carbocycles. The molecule has 0 radical (unpaired) electrons. The van der Waals surface area contributed by atoms with Crippen molar-refractivity contribution in [2.75, 3.05) is 20.8 Å². The van der Waals surface area contributed by atoms with E-state index in [0.29, 0.717) is 55.2 Å². The number of amides is 1. The van der Waals surface area contributed by atoms with Crippen LogP contribution >= 0.6 is 39.1 Å². The Morgan fingerprint density at radius 1 is 1.00 bits per heavy atom. The van der Waals surface area contributed by atoms with Gasteiger partial charge in [0.1, 0.15) is 6.61 Å². The van der Waals surface area contributed by atoms with Crippen LogP contribution in [0, 0.1) is 0 Å². The average Bonchev–Trinajstić information content (AvgIpc) is 2.87. The van der Waals surface area contributed by atoms with Crippen molar-refractivity contribution >= 4 is 51.3 Å². The zero-order valence-electron chi connectivity index (χ0n) is 19.9. The normalized spacial score (nSPS) is 10.8. The van der Waals surface area contributed by atoms with Crippen molar-refractivity contribution in [3.05, 3.63) is 79.7 Å². The molecule has 0 saturated carbocycles. The summed E-state index contributed by atoms with van der Waals surface area (Å²) in [4.78, 5) is 12.5. The van der Waals surface area contributed by atoms with E-state index < -0.39 is 5.91 Å². The fourth-order valence-corrected chi connectivity index (χ4v) is 4.15. The summed E-state index contributed by atoms with van der Waals surface area (Å²) in [5.74, 6) is 1.65. The summed E-state index contributed by atoms with van der Waals surface area (Å²) in [6, 6.07) is 13.7. The van der Waals surface area contributed by atoms with E-state index in [2.05, 4.69) is 26.5 Å². The largest absolute Gasteiger partial charge is 0.493 e. The van der Waals surface area contributed by atoms with Crippen LogP contribution in [-0.2, 0) is 6.61 Å². The summed E-state index contributed by atoms with van der Waals surface area (Å²) in [6.45, 7) is 2.79. The number of carbonyl (C=O) groups is 1. The Bertz CT molecular complexity index is 1250. The molecule has 3 rings (SSSR count). The molecule has 0 aliphatic rings.